The fourth-order valence-electron chi connectivity index (χ4n) is 2.99. The molecule has 4 rings (SSSR count). The summed E-state index contributed by atoms with van der Waals surface area (Å²) in [4.78, 5) is 36.7. The van der Waals surface area contributed by atoms with E-state index in [1.54, 1.807) is 24.0 Å². The van der Waals surface area contributed by atoms with Crippen molar-refractivity contribution in [1.82, 2.24) is 25.0 Å². The minimum absolute atomic E-state index is 0.237. The summed E-state index contributed by atoms with van der Waals surface area (Å²) in [6.45, 7) is 2.33. The van der Waals surface area contributed by atoms with Crippen molar-refractivity contribution >= 4 is 17.1 Å². The number of carbonyl (C=O) groups excluding carboxylic acids is 1. The van der Waals surface area contributed by atoms with Crippen molar-refractivity contribution in [2.45, 2.75) is 32.2 Å². The van der Waals surface area contributed by atoms with Crippen LogP contribution in [0.5, 0.6) is 0 Å². The lowest BCUT2D eigenvalue weighted by Gasteiger charge is -2.33. The van der Waals surface area contributed by atoms with Crippen LogP contribution in [-0.4, -0.2) is 37.5 Å². The molecule has 0 aromatic carbocycles. The van der Waals surface area contributed by atoms with Crippen LogP contribution >= 0.6 is 0 Å². The van der Waals surface area contributed by atoms with Crippen molar-refractivity contribution < 1.29 is 13.7 Å². The van der Waals surface area contributed by atoms with E-state index in [4.69, 9.17) is 8.94 Å². The molecule has 1 unspecified atom stereocenters. The number of pyridine rings is 1. The smallest absolute Gasteiger partial charge is 0.406 e. The molecule has 9 nitrogen and oxygen atoms in total. The maximum Gasteiger partial charge on any atom is 0.418 e. The average Bonchev–Trinajstić information content (AvgIpc) is 3.18. The van der Waals surface area contributed by atoms with E-state index >= 15 is 0 Å². The first-order chi connectivity index (χ1) is 11.6. The van der Waals surface area contributed by atoms with Crippen LogP contribution in [0.15, 0.2) is 25.9 Å². The standard InChI is InChI=1S/C15H15N5O4/c1-8-16-13(24-19-8)10-4-2-3-7-20(10)14(21)9-5-6-11-12(17-9)18-15(22)23-11/h5-6,10H,2-4,7H2,1H3,(H,17,18,22). The highest BCUT2D eigenvalue weighted by Gasteiger charge is 2.33. The number of rotatable bonds is 2. The van der Waals surface area contributed by atoms with Crippen molar-refractivity contribution in [2.24, 2.45) is 0 Å². The van der Waals surface area contributed by atoms with E-state index in [-0.39, 0.29) is 23.3 Å². The summed E-state index contributed by atoms with van der Waals surface area (Å²) in [6, 6.07) is 2.85. The lowest BCUT2D eigenvalue weighted by Crippen LogP contribution is -2.39. The van der Waals surface area contributed by atoms with Crippen LogP contribution in [-0.2, 0) is 0 Å². The molecule has 1 saturated heterocycles. The fraction of sp³-hybridized carbons (Fsp3) is 0.400. The van der Waals surface area contributed by atoms with Crippen LogP contribution < -0.4 is 5.76 Å². The molecular formula is C15H15N5O4. The van der Waals surface area contributed by atoms with Gasteiger partial charge in [-0.2, -0.15) is 4.98 Å². The number of nitrogens with zero attached hydrogens (tertiary/aromatic N) is 4. The molecule has 1 fully saturated rings. The van der Waals surface area contributed by atoms with Gasteiger partial charge in [0.2, 0.25) is 5.89 Å². The van der Waals surface area contributed by atoms with Crippen molar-refractivity contribution in [2.75, 3.05) is 6.54 Å². The van der Waals surface area contributed by atoms with E-state index in [1.165, 1.54) is 0 Å². The van der Waals surface area contributed by atoms with Gasteiger partial charge in [-0.05, 0) is 38.3 Å². The number of fused-ring (bicyclic) bond motifs is 1. The molecule has 0 saturated carbocycles. The van der Waals surface area contributed by atoms with Gasteiger partial charge in [-0.15, -0.1) is 0 Å². The Morgan fingerprint density at radius 1 is 1.33 bits per heavy atom. The lowest BCUT2D eigenvalue weighted by molar-refractivity contribution is 0.0555. The van der Waals surface area contributed by atoms with E-state index in [1.807, 2.05) is 0 Å². The van der Waals surface area contributed by atoms with E-state index in [0.717, 1.165) is 19.3 Å². The largest absolute Gasteiger partial charge is 0.418 e. The number of hydrogen-bond donors (Lipinski definition) is 1. The average molecular weight is 329 g/mol. The van der Waals surface area contributed by atoms with E-state index < -0.39 is 5.76 Å². The number of hydrogen-bond acceptors (Lipinski definition) is 7. The highest BCUT2D eigenvalue weighted by Crippen LogP contribution is 2.31. The van der Waals surface area contributed by atoms with Gasteiger partial charge in [0.25, 0.3) is 5.91 Å². The fourth-order valence-corrected chi connectivity index (χ4v) is 2.99. The molecule has 0 radical (unpaired) electrons. The molecule has 3 aromatic rings. The third-order valence-electron chi connectivity index (χ3n) is 4.09. The molecule has 3 aromatic heterocycles. The van der Waals surface area contributed by atoms with Gasteiger partial charge in [0, 0.05) is 6.54 Å². The Morgan fingerprint density at radius 2 is 2.21 bits per heavy atom. The Bertz CT molecular complexity index is 956. The quantitative estimate of drug-likeness (QED) is 0.758. The summed E-state index contributed by atoms with van der Waals surface area (Å²) < 4.78 is 10.2. The van der Waals surface area contributed by atoms with Gasteiger partial charge < -0.3 is 13.8 Å². The first-order valence-corrected chi connectivity index (χ1v) is 7.73. The van der Waals surface area contributed by atoms with Crippen LogP contribution in [0.25, 0.3) is 11.2 Å². The Hall–Kier alpha value is -2.97. The normalized spacial score (nSPS) is 18.2. The molecule has 1 aliphatic heterocycles. The van der Waals surface area contributed by atoms with Crippen LogP contribution in [0.3, 0.4) is 0 Å². The zero-order valence-corrected chi connectivity index (χ0v) is 13.0. The second-order valence-corrected chi connectivity index (χ2v) is 5.75. The van der Waals surface area contributed by atoms with Gasteiger partial charge in [-0.25, -0.2) is 9.78 Å². The molecule has 0 bridgehead atoms. The minimum atomic E-state index is -0.598. The number of piperidine rings is 1. The highest BCUT2D eigenvalue weighted by molar-refractivity contribution is 5.94. The molecule has 9 heteroatoms. The van der Waals surface area contributed by atoms with E-state index in [2.05, 4.69) is 20.1 Å². The molecule has 1 N–H and O–H groups in total. The molecule has 24 heavy (non-hydrogen) atoms. The lowest BCUT2D eigenvalue weighted by atomic mass is 10.0. The van der Waals surface area contributed by atoms with Crippen molar-refractivity contribution in [3.63, 3.8) is 0 Å². The third kappa shape index (κ3) is 2.47. The maximum atomic E-state index is 12.9. The number of amides is 1. The minimum Gasteiger partial charge on any atom is -0.406 e. The number of oxazole rings is 1. The molecular weight excluding hydrogens is 314 g/mol. The number of aromatic amines is 1. The van der Waals surface area contributed by atoms with E-state index in [0.29, 0.717) is 23.8 Å². The SMILES string of the molecule is Cc1noc(C2CCCCN2C(=O)c2ccc3oc(=O)[nH]c3n2)n1. The van der Waals surface area contributed by atoms with Crippen LogP contribution in [0.4, 0.5) is 0 Å². The molecule has 124 valence electrons. The predicted octanol–water partition coefficient (Wildman–Crippen LogP) is 1.57. The molecule has 4 heterocycles. The number of likely N-dealkylation sites (tertiary alicyclic amines) is 1. The molecule has 1 amide bonds. The number of H-pyrrole nitrogens is 1. The zero-order chi connectivity index (χ0) is 16.7. The van der Waals surface area contributed by atoms with E-state index in [9.17, 15) is 9.59 Å². The molecule has 0 aliphatic carbocycles. The summed E-state index contributed by atoms with van der Waals surface area (Å²) in [5, 5.41) is 3.81. The number of aromatic nitrogens is 4. The van der Waals surface area contributed by atoms with Crippen molar-refractivity contribution in [3.8, 4) is 0 Å². The second kappa shape index (κ2) is 5.59. The summed E-state index contributed by atoms with van der Waals surface area (Å²) in [6.07, 6.45) is 2.65. The first kappa shape index (κ1) is 14.6. The first-order valence-electron chi connectivity index (χ1n) is 7.73. The third-order valence-corrected chi connectivity index (χ3v) is 4.09. The number of carbonyl (C=O) groups is 1. The topological polar surface area (TPSA) is 118 Å². The highest BCUT2D eigenvalue weighted by atomic mass is 16.5. The second-order valence-electron chi connectivity index (χ2n) is 5.75. The van der Waals surface area contributed by atoms with Gasteiger partial charge in [0.1, 0.15) is 11.7 Å². The maximum absolute atomic E-state index is 12.9. The van der Waals surface area contributed by atoms with Gasteiger partial charge in [0.05, 0.1) is 0 Å². The van der Waals surface area contributed by atoms with Crippen LogP contribution in [0, 0.1) is 6.92 Å². The van der Waals surface area contributed by atoms with Crippen molar-refractivity contribution in [1.29, 1.82) is 0 Å². The van der Waals surface area contributed by atoms with Gasteiger partial charge in [-0.3, -0.25) is 9.78 Å². The number of nitrogens with one attached hydrogen (secondary N) is 1. The Labute approximate surface area is 135 Å². The summed E-state index contributed by atoms with van der Waals surface area (Å²) in [7, 11) is 0. The van der Waals surface area contributed by atoms with Crippen molar-refractivity contribution in [3.05, 3.63) is 40.1 Å². The van der Waals surface area contributed by atoms with Crippen LogP contribution in [0.1, 0.15) is 47.5 Å². The monoisotopic (exact) mass is 329 g/mol. The molecule has 1 aliphatic rings. The van der Waals surface area contributed by atoms with Gasteiger partial charge in [0.15, 0.2) is 17.1 Å². The van der Waals surface area contributed by atoms with Crippen LogP contribution in [0.2, 0.25) is 0 Å². The Kier molecular flexibility index (Phi) is 3.40. The molecule has 0 spiro atoms. The Morgan fingerprint density at radius 3 is 3.00 bits per heavy atom. The summed E-state index contributed by atoms with van der Waals surface area (Å²) in [5.74, 6) is 0.149. The van der Waals surface area contributed by atoms with Gasteiger partial charge >= 0.3 is 5.76 Å². The zero-order valence-electron chi connectivity index (χ0n) is 13.0. The predicted molar refractivity (Wildman–Crippen MR) is 81.3 cm³/mol. The summed E-state index contributed by atoms with van der Waals surface area (Å²) in [5.41, 5.74) is 0.815. The molecule has 1 atom stereocenters. The number of aryl methyl sites for hydroxylation is 1. The Balaban J connectivity index is 1.68. The summed E-state index contributed by atoms with van der Waals surface area (Å²) >= 11 is 0. The van der Waals surface area contributed by atoms with Gasteiger partial charge in [-0.1, -0.05) is 5.16 Å².